The lowest BCUT2D eigenvalue weighted by atomic mass is 9.72. The van der Waals surface area contributed by atoms with Crippen LogP contribution < -0.4 is 5.73 Å². The molecule has 0 aliphatic heterocycles. The van der Waals surface area contributed by atoms with Gasteiger partial charge in [-0.3, -0.25) is 4.79 Å². The van der Waals surface area contributed by atoms with Crippen molar-refractivity contribution in [2.45, 2.75) is 57.9 Å². The van der Waals surface area contributed by atoms with Crippen LogP contribution in [-0.4, -0.2) is 11.8 Å². The fourth-order valence-electron chi connectivity index (χ4n) is 4.72. The minimum absolute atomic E-state index is 0.193. The minimum Gasteiger partial charge on any atom is -0.327 e. The Morgan fingerprint density at radius 3 is 2.47 bits per heavy atom. The minimum atomic E-state index is 0.193. The third-order valence-corrected chi connectivity index (χ3v) is 5.65. The van der Waals surface area contributed by atoms with E-state index in [0.717, 1.165) is 18.8 Å². The molecule has 3 fully saturated rings. The molecular weight excluding hydrogens is 210 g/mol. The van der Waals surface area contributed by atoms with Crippen molar-refractivity contribution in [2.24, 2.45) is 35.3 Å². The summed E-state index contributed by atoms with van der Waals surface area (Å²) in [5.74, 6) is 3.15. The van der Waals surface area contributed by atoms with Crippen LogP contribution in [0.25, 0.3) is 0 Å². The van der Waals surface area contributed by atoms with Gasteiger partial charge in [-0.25, -0.2) is 0 Å². The number of rotatable bonds is 2. The average Bonchev–Trinajstić information content (AvgIpc) is 2.88. The largest absolute Gasteiger partial charge is 0.327 e. The lowest BCUT2D eigenvalue weighted by Gasteiger charge is -2.33. The molecule has 17 heavy (non-hydrogen) atoms. The van der Waals surface area contributed by atoms with E-state index in [4.69, 9.17) is 5.73 Å². The van der Waals surface area contributed by atoms with E-state index in [1.54, 1.807) is 0 Å². The number of Topliss-reactive ketones (excluding diaryl/α,β-unsaturated/α-hetero) is 1. The van der Waals surface area contributed by atoms with Gasteiger partial charge in [0.1, 0.15) is 5.78 Å². The third-order valence-electron chi connectivity index (χ3n) is 5.65. The van der Waals surface area contributed by atoms with Gasteiger partial charge in [0.05, 0.1) is 0 Å². The number of carbonyl (C=O) groups is 1. The molecule has 96 valence electrons. The van der Waals surface area contributed by atoms with Gasteiger partial charge in [0, 0.05) is 17.9 Å². The zero-order valence-electron chi connectivity index (χ0n) is 10.9. The first kappa shape index (κ1) is 11.7. The maximum Gasteiger partial charge on any atom is 0.140 e. The molecule has 0 saturated heterocycles. The molecule has 6 atom stereocenters. The Hall–Kier alpha value is -0.370. The lowest BCUT2D eigenvalue weighted by molar-refractivity contribution is -0.130. The summed E-state index contributed by atoms with van der Waals surface area (Å²) < 4.78 is 0. The molecule has 2 bridgehead atoms. The maximum atomic E-state index is 12.7. The average molecular weight is 235 g/mol. The molecule has 0 amide bonds. The van der Waals surface area contributed by atoms with Gasteiger partial charge in [0.25, 0.3) is 0 Å². The van der Waals surface area contributed by atoms with Crippen molar-refractivity contribution in [3.05, 3.63) is 0 Å². The van der Waals surface area contributed by atoms with E-state index in [1.165, 1.54) is 32.1 Å². The molecule has 0 radical (unpaired) electrons. The Balaban J connectivity index is 1.69. The molecule has 3 aliphatic carbocycles. The summed E-state index contributed by atoms with van der Waals surface area (Å²) in [6.45, 7) is 2.29. The van der Waals surface area contributed by atoms with Gasteiger partial charge < -0.3 is 5.73 Å². The molecule has 2 heteroatoms. The molecule has 0 spiro atoms. The second-order valence-electron chi connectivity index (χ2n) is 6.81. The fourth-order valence-corrected chi connectivity index (χ4v) is 4.72. The molecule has 0 heterocycles. The Kier molecular flexibility index (Phi) is 3.02. The molecule has 2 N–H and O–H groups in total. The van der Waals surface area contributed by atoms with Crippen LogP contribution in [0.3, 0.4) is 0 Å². The van der Waals surface area contributed by atoms with E-state index in [1.807, 2.05) is 0 Å². The predicted octanol–water partition coefficient (Wildman–Crippen LogP) is 2.76. The van der Waals surface area contributed by atoms with Crippen LogP contribution >= 0.6 is 0 Å². The van der Waals surface area contributed by atoms with Crippen molar-refractivity contribution < 1.29 is 4.79 Å². The van der Waals surface area contributed by atoms with Crippen LogP contribution in [0.15, 0.2) is 0 Å². The first-order chi connectivity index (χ1) is 8.16. The van der Waals surface area contributed by atoms with Crippen LogP contribution in [-0.2, 0) is 4.79 Å². The molecule has 0 aromatic heterocycles. The van der Waals surface area contributed by atoms with Gasteiger partial charge >= 0.3 is 0 Å². The highest BCUT2D eigenvalue weighted by molar-refractivity contribution is 5.85. The molecule has 2 nitrogen and oxygen atoms in total. The van der Waals surface area contributed by atoms with Gasteiger partial charge in [-0.15, -0.1) is 0 Å². The normalized spacial score (nSPS) is 49.5. The van der Waals surface area contributed by atoms with Crippen LogP contribution in [0.5, 0.6) is 0 Å². The zero-order chi connectivity index (χ0) is 12.0. The highest BCUT2D eigenvalue weighted by atomic mass is 16.1. The molecule has 3 saturated carbocycles. The second-order valence-corrected chi connectivity index (χ2v) is 6.81. The summed E-state index contributed by atoms with van der Waals surface area (Å²) in [5, 5.41) is 0. The number of carbonyl (C=O) groups excluding carboxylic acids is 1. The van der Waals surface area contributed by atoms with Crippen molar-refractivity contribution in [1.82, 2.24) is 0 Å². The van der Waals surface area contributed by atoms with E-state index in [9.17, 15) is 4.79 Å². The van der Waals surface area contributed by atoms with Gasteiger partial charge in [0.2, 0.25) is 0 Å². The Bertz CT molecular complexity index is 312. The number of ketones is 1. The quantitative estimate of drug-likeness (QED) is 0.799. The summed E-state index contributed by atoms with van der Waals surface area (Å²) in [6.07, 6.45) is 8.58. The highest BCUT2D eigenvalue weighted by Crippen LogP contribution is 2.49. The molecule has 6 unspecified atom stereocenters. The van der Waals surface area contributed by atoms with E-state index >= 15 is 0 Å². The van der Waals surface area contributed by atoms with Crippen molar-refractivity contribution in [1.29, 1.82) is 0 Å². The molecule has 0 aromatic carbocycles. The smallest absolute Gasteiger partial charge is 0.140 e. The molecular formula is C15H25NO. The fraction of sp³-hybridized carbons (Fsp3) is 0.933. The third kappa shape index (κ3) is 1.95. The van der Waals surface area contributed by atoms with Crippen LogP contribution in [0.4, 0.5) is 0 Å². The number of nitrogens with two attached hydrogens (primary N) is 1. The van der Waals surface area contributed by atoms with Crippen LogP contribution in [0.2, 0.25) is 0 Å². The lowest BCUT2D eigenvalue weighted by Crippen LogP contribution is -2.43. The zero-order valence-corrected chi connectivity index (χ0v) is 10.9. The van der Waals surface area contributed by atoms with Crippen molar-refractivity contribution >= 4 is 5.78 Å². The predicted molar refractivity (Wildman–Crippen MR) is 68.4 cm³/mol. The van der Waals surface area contributed by atoms with Gasteiger partial charge in [0.15, 0.2) is 0 Å². The van der Waals surface area contributed by atoms with Crippen LogP contribution in [0, 0.1) is 29.6 Å². The summed E-state index contributed by atoms with van der Waals surface area (Å²) in [5.41, 5.74) is 6.29. The summed E-state index contributed by atoms with van der Waals surface area (Å²) in [7, 11) is 0. The first-order valence-electron chi connectivity index (χ1n) is 7.46. The second kappa shape index (κ2) is 4.38. The van der Waals surface area contributed by atoms with Gasteiger partial charge in [-0.1, -0.05) is 19.8 Å². The summed E-state index contributed by atoms with van der Waals surface area (Å²) in [4.78, 5) is 12.7. The highest BCUT2D eigenvalue weighted by Gasteiger charge is 2.50. The Labute approximate surface area is 104 Å². The van der Waals surface area contributed by atoms with Gasteiger partial charge in [-0.05, 0) is 49.9 Å². The van der Waals surface area contributed by atoms with Crippen molar-refractivity contribution in [2.75, 3.05) is 0 Å². The Morgan fingerprint density at radius 2 is 1.82 bits per heavy atom. The molecule has 3 aliphatic rings. The molecule has 3 rings (SSSR count). The standard InChI is InChI=1S/C15H25NO/c1-9-3-2-4-12(7-9)15(17)13-10-5-6-11(8-10)14(13)16/h9-14H,2-8,16H2,1H3. The number of fused-ring (bicyclic) bond motifs is 2. The van der Waals surface area contributed by atoms with Crippen molar-refractivity contribution in [3.8, 4) is 0 Å². The maximum absolute atomic E-state index is 12.7. The summed E-state index contributed by atoms with van der Waals surface area (Å²) in [6, 6.07) is 0.193. The SMILES string of the molecule is CC1CCCC(C(=O)C2C3CCC(C3)C2N)C1. The first-order valence-corrected chi connectivity index (χ1v) is 7.46. The monoisotopic (exact) mass is 235 g/mol. The van der Waals surface area contributed by atoms with E-state index < -0.39 is 0 Å². The van der Waals surface area contributed by atoms with E-state index in [-0.39, 0.29) is 12.0 Å². The van der Waals surface area contributed by atoms with E-state index in [2.05, 4.69) is 6.92 Å². The van der Waals surface area contributed by atoms with Crippen molar-refractivity contribution in [3.63, 3.8) is 0 Å². The summed E-state index contributed by atoms with van der Waals surface area (Å²) >= 11 is 0. The Morgan fingerprint density at radius 1 is 1.06 bits per heavy atom. The topological polar surface area (TPSA) is 43.1 Å². The van der Waals surface area contributed by atoms with E-state index in [0.29, 0.717) is 23.5 Å². The van der Waals surface area contributed by atoms with Crippen LogP contribution in [0.1, 0.15) is 51.9 Å². The number of hydrogen-bond donors (Lipinski definition) is 1. The van der Waals surface area contributed by atoms with Gasteiger partial charge in [-0.2, -0.15) is 0 Å². The molecule has 0 aromatic rings. The number of hydrogen-bond acceptors (Lipinski definition) is 2.